The molecule has 0 aliphatic heterocycles. The van der Waals surface area contributed by atoms with Gasteiger partial charge in [0.15, 0.2) is 5.54 Å². The van der Waals surface area contributed by atoms with E-state index in [4.69, 9.17) is 9.84 Å². The third-order valence-corrected chi connectivity index (χ3v) is 2.87. The monoisotopic (exact) mass is 302 g/mol. The molecule has 0 aliphatic carbocycles. The molecule has 0 aromatic carbocycles. The highest BCUT2D eigenvalue weighted by molar-refractivity contribution is 5.86. The average molecular weight is 302 g/mol. The highest BCUT2D eigenvalue weighted by atomic mass is 16.5. The number of aliphatic carboxylic acids is 1. The van der Waals surface area contributed by atoms with Gasteiger partial charge < -0.3 is 20.5 Å². The number of carboxylic acid groups (broad SMARTS) is 1. The Morgan fingerprint density at radius 1 is 1.14 bits per heavy atom. The number of methoxy groups -OCH3 is 1. The zero-order valence-corrected chi connectivity index (χ0v) is 13.4. The molecular formula is C14H26N2O5. The fourth-order valence-electron chi connectivity index (χ4n) is 1.53. The Kier molecular flexibility index (Phi) is 7.35. The lowest BCUT2D eigenvalue weighted by molar-refractivity contribution is -0.149. The topological polar surface area (TPSA) is 105 Å². The molecule has 0 saturated carbocycles. The van der Waals surface area contributed by atoms with Gasteiger partial charge in [-0.1, -0.05) is 20.8 Å². The second kappa shape index (κ2) is 7.97. The molecule has 0 heterocycles. The van der Waals surface area contributed by atoms with Gasteiger partial charge >= 0.3 is 5.97 Å². The van der Waals surface area contributed by atoms with Gasteiger partial charge in [0, 0.05) is 25.5 Å². The van der Waals surface area contributed by atoms with E-state index in [2.05, 4.69) is 10.6 Å². The minimum absolute atomic E-state index is 0.0855. The van der Waals surface area contributed by atoms with Crippen LogP contribution in [0.4, 0.5) is 0 Å². The lowest BCUT2D eigenvalue weighted by Crippen LogP contribution is -2.55. The average Bonchev–Trinajstić information content (AvgIpc) is 2.33. The Morgan fingerprint density at radius 2 is 1.71 bits per heavy atom. The van der Waals surface area contributed by atoms with Gasteiger partial charge in [0.05, 0.1) is 6.61 Å². The SMILES string of the molecule is COCC(C)(NC(=O)CCCNC(=O)C(C)(C)C)C(=O)O. The van der Waals surface area contributed by atoms with Crippen LogP contribution in [0.5, 0.6) is 0 Å². The fourth-order valence-corrected chi connectivity index (χ4v) is 1.53. The second-order valence-electron chi connectivity index (χ2n) is 6.23. The van der Waals surface area contributed by atoms with Gasteiger partial charge in [-0.25, -0.2) is 4.79 Å². The Morgan fingerprint density at radius 3 is 2.14 bits per heavy atom. The number of carbonyl (C=O) groups excluding carboxylic acids is 2. The van der Waals surface area contributed by atoms with E-state index in [1.807, 2.05) is 0 Å². The van der Waals surface area contributed by atoms with Crippen molar-refractivity contribution in [1.82, 2.24) is 10.6 Å². The minimum Gasteiger partial charge on any atom is -0.479 e. The summed E-state index contributed by atoms with van der Waals surface area (Å²) in [7, 11) is 1.37. The number of ether oxygens (including phenoxy) is 1. The molecule has 7 heteroatoms. The molecule has 0 saturated heterocycles. The number of amides is 2. The van der Waals surface area contributed by atoms with Crippen LogP contribution in [0.25, 0.3) is 0 Å². The van der Waals surface area contributed by atoms with Crippen LogP contribution in [0.15, 0.2) is 0 Å². The summed E-state index contributed by atoms with van der Waals surface area (Å²) in [6.07, 6.45) is 0.577. The van der Waals surface area contributed by atoms with Gasteiger partial charge in [0.2, 0.25) is 11.8 Å². The van der Waals surface area contributed by atoms with E-state index >= 15 is 0 Å². The van der Waals surface area contributed by atoms with Crippen LogP contribution in [0.3, 0.4) is 0 Å². The predicted octanol–water partition coefficient (Wildman–Crippen LogP) is 0.535. The quantitative estimate of drug-likeness (QED) is 0.567. The molecule has 1 atom stereocenters. The van der Waals surface area contributed by atoms with Crippen molar-refractivity contribution >= 4 is 17.8 Å². The van der Waals surface area contributed by atoms with Crippen molar-refractivity contribution in [2.24, 2.45) is 5.41 Å². The van der Waals surface area contributed by atoms with E-state index in [1.54, 1.807) is 20.8 Å². The number of nitrogens with one attached hydrogen (secondary N) is 2. The first-order chi connectivity index (χ1) is 9.53. The van der Waals surface area contributed by atoms with Crippen molar-refractivity contribution in [1.29, 1.82) is 0 Å². The van der Waals surface area contributed by atoms with Gasteiger partial charge in [-0.05, 0) is 13.3 Å². The molecule has 2 amide bonds. The van der Waals surface area contributed by atoms with Crippen LogP contribution in [-0.4, -0.2) is 48.7 Å². The van der Waals surface area contributed by atoms with Crippen molar-refractivity contribution in [3.05, 3.63) is 0 Å². The highest BCUT2D eigenvalue weighted by Gasteiger charge is 2.34. The van der Waals surface area contributed by atoms with E-state index < -0.39 is 16.9 Å². The standard InChI is InChI=1S/C14H26N2O5/c1-13(2,3)11(18)15-8-6-7-10(17)16-14(4,9-21-5)12(19)20/h6-9H2,1-5H3,(H,15,18)(H,16,17)(H,19,20). The largest absolute Gasteiger partial charge is 0.479 e. The van der Waals surface area contributed by atoms with Gasteiger partial charge in [-0.15, -0.1) is 0 Å². The van der Waals surface area contributed by atoms with E-state index in [-0.39, 0.29) is 24.8 Å². The summed E-state index contributed by atoms with van der Waals surface area (Å²) in [4.78, 5) is 34.5. The minimum atomic E-state index is -1.44. The van der Waals surface area contributed by atoms with Crippen molar-refractivity contribution in [2.75, 3.05) is 20.3 Å². The Labute approximate surface area is 125 Å². The maximum atomic E-state index is 11.7. The van der Waals surface area contributed by atoms with Crippen LogP contribution in [0.1, 0.15) is 40.5 Å². The highest BCUT2D eigenvalue weighted by Crippen LogP contribution is 2.12. The molecule has 0 fully saturated rings. The molecule has 0 bridgehead atoms. The zero-order valence-electron chi connectivity index (χ0n) is 13.4. The van der Waals surface area contributed by atoms with Crippen LogP contribution >= 0.6 is 0 Å². The van der Waals surface area contributed by atoms with Crippen molar-refractivity contribution < 1.29 is 24.2 Å². The molecule has 21 heavy (non-hydrogen) atoms. The van der Waals surface area contributed by atoms with Gasteiger partial charge in [0.25, 0.3) is 0 Å². The summed E-state index contributed by atoms with van der Waals surface area (Å²) in [6, 6.07) is 0. The summed E-state index contributed by atoms with van der Waals surface area (Å²) in [5.74, 6) is -1.63. The predicted molar refractivity (Wildman–Crippen MR) is 77.8 cm³/mol. The molecule has 7 nitrogen and oxygen atoms in total. The van der Waals surface area contributed by atoms with Crippen molar-refractivity contribution in [2.45, 2.75) is 46.1 Å². The van der Waals surface area contributed by atoms with Gasteiger partial charge in [-0.3, -0.25) is 9.59 Å². The molecule has 0 spiro atoms. The van der Waals surface area contributed by atoms with Crippen LogP contribution in [-0.2, 0) is 19.1 Å². The van der Waals surface area contributed by atoms with E-state index in [9.17, 15) is 14.4 Å². The number of hydrogen-bond acceptors (Lipinski definition) is 4. The lowest BCUT2D eigenvalue weighted by Gasteiger charge is -2.25. The van der Waals surface area contributed by atoms with Crippen LogP contribution in [0, 0.1) is 5.41 Å². The number of rotatable bonds is 8. The maximum Gasteiger partial charge on any atom is 0.331 e. The molecule has 3 N–H and O–H groups in total. The molecular weight excluding hydrogens is 276 g/mol. The summed E-state index contributed by atoms with van der Waals surface area (Å²) >= 11 is 0. The first-order valence-electron chi connectivity index (χ1n) is 6.84. The van der Waals surface area contributed by atoms with Crippen molar-refractivity contribution in [3.63, 3.8) is 0 Å². The first kappa shape index (κ1) is 19.4. The molecule has 0 rings (SSSR count). The molecule has 0 aromatic rings. The van der Waals surface area contributed by atoms with Crippen LogP contribution < -0.4 is 10.6 Å². The zero-order chi connectivity index (χ0) is 16.7. The third kappa shape index (κ3) is 7.08. The lowest BCUT2D eigenvalue weighted by atomic mass is 9.96. The number of carboxylic acids is 1. The molecule has 0 aromatic heterocycles. The smallest absolute Gasteiger partial charge is 0.331 e. The summed E-state index contributed by atoms with van der Waals surface area (Å²) in [5.41, 5.74) is -1.91. The Balaban J connectivity index is 4.16. The fraction of sp³-hybridized carbons (Fsp3) is 0.786. The third-order valence-electron chi connectivity index (χ3n) is 2.87. The summed E-state index contributed by atoms with van der Waals surface area (Å²) < 4.78 is 4.81. The first-order valence-corrected chi connectivity index (χ1v) is 6.84. The molecule has 122 valence electrons. The van der Waals surface area contributed by atoms with Crippen molar-refractivity contribution in [3.8, 4) is 0 Å². The van der Waals surface area contributed by atoms with Gasteiger partial charge in [-0.2, -0.15) is 0 Å². The summed E-state index contributed by atoms with van der Waals surface area (Å²) in [6.45, 7) is 7.05. The second-order valence-corrected chi connectivity index (χ2v) is 6.23. The normalized spacial score (nSPS) is 14.1. The Hall–Kier alpha value is -1.63. The van der Waals surface area contributed by atoms with E-state index in [0.29, 0.717) is 13.0 Å². The van der Waals surface area contributed by atoms with Crippen LogP contribution in [0.2, 0.25) is 0 Å². The van der Waals surface area contributed by atoms with E-state index in [1.165, 1.54) is 14.0 Å². The molecule has 0 aliphatic rings. The number of hydrogen-bond donors (Lipinski definition) is 3. The number of carbonyl (C=O) groups is 3. The maximum absolute atomic E-state index is 11.7. The van der Waals surface area contributed by atoms with Gasteiger partial charge in [0.1, 0.15) is 0 Å². The molecule has 0 radical (unpaired) electrons. The van der Waals surface area contributed by atoms with E-state index in [0.717, 1.165) is 0 Å². The summed E-state index contributed by atoms with van der Waals surface area (Å²) in [5, 5.41) is 14.3. The Bertz CT molecular complexity index is 389. The molecule has 1 unspecified atom stereocenters.